The highest BCUT2D eigenvalue weighted by Crippen LogP contribution is 2.15. The SMILES string of the molecule is CCOCCCCNC(=NC)N(C)Cc1ccc(OC(F)F)cc1.I. The minimum Gasteiger partial charge on any atom is -0.435 e. The summed E-state index contributed by atoms with van der Waals surface area (Å²) in [6.07, 6.45) is 2.01. The number of alkyl halides is 2. The number of unbranched alkanes of at least 4 members (excludes halogenated alkanes) is 1. The molecule has 1 rings (SSSR count). The third-order valence-electron chi connectivity index (χ3n) is 3.34. The third-order valence-corrected chi connectivity index (χ3v) is 3.34. The summed E-state index contributed by atoms with van der Waals surface area (Å²) in [6.45, 7) is 2.16. The van der Waals surface area contributed by atoms with E-state index < -0.39 is 6.61 Å². The fourth-order valence-electron chi connectivity index (χ4n) is 2.18. The standard InChI is InChI=1S/C17H27F2N3O2.HI/c1-4-23-12-6-5-11-21-17(20-2)22(3)13-14-7-9-15(10-8-14)24-16(18)19;/h7-10,16H,4-6,11-13H2,1-3H3,(H,20,21);1H. The van der Waals surface area contributed by atoms with E-state index in [9.17, 15) is 8.78 Å². The van der Waals surface area contributed by atoms with Crippen molar-refractivity contribution in [2.75, 3.05) is 33.9 Å². The lowest BCUT2D eigenvalue weighted by atomic mass is 10.2. The molecule has 1 aromatic carbocycles. The summed E-state index contributed by atoms with van der Waals surface area (Å²) in [5.74, 6) is 0.951. The summed E-state index contributed by atoms with van der Waals surface area (Å²) in [6, 6.07) is 6.62. The van der Waals surface area contributed by atoms with Crippen LogP contribution in [0.5, 0.6) is 5.75 Å². The Labute approximate surface area is 165 Å². The molecule has 0 radical (unpaired) electrons. The van der Waals surface area contributed by atoms with Crippen LogP contribution in [-0.2, 0) is 11.3 Å². The van der Waals surface area contributed by atoms with E-state index >= 15 is 0 Å². The predicted octanol–water partition coefficient (Wildman–Crippen LogP) is 3.73. The molecule has 0 aliphatic carbocycles. The molecule has 1 aromatic rings. The summed E-state index contributed by atoms with van der Waals surface area (Å²) in [5, 5.41) is 3.30. The van der Waals surface area contributed by atoms with Gasteiger partial charge in [-0.1, -0.05) is 12.1 Å². The quantitative estimate of drug-likeness (QED) is 0.245. The fraction of sp³-hybridized carbons (Fsp3) is 0.588. The Morgan fingerprint density at radius 1 is 1.24 bits per heavy atom. The van der Waals surface area contributed by atoms with Crippen molar-refractivity contribution in [3.63, 3.8) is 0 Å². The van der Waals surface area contributed by atoms with E-state index in [1.54, 1.807) is 31.3 Å². The number of benzene rings is 1. The molecule has 1 N–H and O–H groups in total. The number of halogens is 3. The zero-order valence-corrected chi connectivity index (χ0v) is 17.3. The first-order valence-electron chi connectivity index (χ1n) is 8.10. The molecule has 0 aromatic heterocycles. The number of guanidine groups is 1. The highest BCUT2D eigenvalue weighted by atomic mass is 127. The van der Waals surface area contributed by atoms with E-state index in [1.165, 1.54) is 0 Å². The van der Waals surface area contributed by atoms with Crippen LogP contribution in [-0.4, -0.2) is 51.3 Å². The molecule has 0 unspecified atom stereocenters. The Morgan fingerprint density at radius 2 is 1.92 bits per heavy atom. The van der Waals surface area contributed by atoms with Gasteiger partial charge in [-0.25, -0.2) is 0 Å². The lowest BCUT2D eigenvalue weighted by Gasteiger charge is -2.22. The van der Waals surface area contributed by atoms with Crippen LogP contribution in [0, 0.1) is 0 Å². The minimum absolute atomic E-state index is 0. The lowest BCUT2D eigenvalue weighted by molar-refractivity contribution is -0.0498. The van der Waals surface area contributed by atoms with Crippen LogP contribution in [0.4, 0.5) is 8.78 Å². The van der Waals surface area contributed by atoms with E-state index in [-0.39, 0.29) is 29.7 Å². The van der Waals surface area contributed by atoms with Gasteiger partial charge in [-0.15, -0.1) is 24.0 Å². The number of rotatable bonds is 10. The van der Waals surface area contributed by atoms with Crippen LogP contribution in [0.25, 0.3) is 0 Å². The second-order valence-electron chi connectivity index (χ2n) is 5.26. The number of nitrogens with one attached hydrogen (secondary N) is 1. The molecule has 5 nitrogen and oxygen atoms in total. The average Bonchev–Trinajstić information content (AvgIpc) is 2.55. The molecule has 25 heavy (non-hydrogen) atoms. The first-order chi connectivity index (χ1) is 11.6. The van der Waals surface area contributed by atoms with Gasteiger partial charge in [-0.3, -0.25) is 4.99 Å². The van der Waals surface area contributed by atoms with Crippen molar-refractivity contribution in [1.82, 2.24) is 10.2 Å². The first-order valence-corrected chi connectivity index (χ1v) is 8.10. The Hall–Kier alpha value is -1.16. The van der Waals surface area contributed by atoms with Gasteiger partial charge in [-0.05, 0) is 37.5 Å². The van der Waals surface area contributed by atoms with Crippen molar-refractivity contribution in [1.29, 1.82) is 0 Å². The number of hydrogen-bond donors (Lipinski definition) is 1. The van der Waals surface area contributed by atoms with Crippen molar-refractivity contribution in [2.45, 2.75) is 32.9 Å². The number of aliphatic imine (C=N–C) groups is 1. The molecule has 0 aliphatic rings. The van der Waals surface area contributed by atoms with Gasteiger partial charge < -0.3 is 19.7 Å². The number of hydrogen-bond acceptors (Lipinski definition) is 3. The molecule has 0 saturated heterocycles. The van der Waals surface area contributed by atoms with Crippen molar-refractivity contribution >= 4 is 29.9 Å². The van der Waals surface area contributed by atoms with E-state index in [1.807, 2.05) is 18.9 Å². The monoisotopic (exact) mass is 471 g/mol. The molecule has 0 bridgehead atoms. The summed E-state index contributed by atoms with van der Waals surface area (Å²) >= 11 is 0. The van der Waals surface area contributed by atoms with Crippen molar-refractivity contribution < 1.29 is 18.3 Å². The maximum Gasteiger partial charge on any atom is 0.387 e. The Bertz CT molecular complexity index is 487. The molecule has 8 heteroatoms. The summed E-state index contributed by atoms with van der Waals surface area (Å²) < 4.78 is 33.9. The molecule has 0 spiro atoms. The Morgan fingerprint density at radius 3 is 2.48 bits per heavy atom. The first kappa shape index (κ1) is 23.8. The smallest absolute Gasteiger partial charge is 0.387 e. The van der Waals surface area contributed by atoms with E-state index in [0.29, 0.717) is 6.54 Å². The molecule has 0 atom stereocenters. The lowest BCUT2D eigenvalue weighted by Crippen LogP contribution is -2.38. The van der Waals surface area contributed by atoms with Crippen LogP contribution < -0.4 is 10.1 Å². The van der Waals surface area contributed by atoms with E-state index in [2.05, 4.69) is 15.0 Å². The third kappa shape index (κ3) is 10.4. The Balaban J connectivity index is 0.00000576. The zero-order valence-electron chi connectivity index (χ0n) is 15.0. The van der Waals surface area contributed by atoms with E-state index in [4.69, 9.17) is 4.74 Å². The normalized spacial score (nSPS) is 11.2. The Kier molecular flexibility index (Phi) is 13.4. The second kappa shape index (κ2) is 14.1. The van der Waals surface area contributed by atoms with Gasteiger partial charge in [0, 0.05) is 40.4 Å². The van der Waals surface area contributed by atoms with Crippen molar-refractivity contribution in [3.8, 4) is 5.75 Å². The van der Waals surface area contributed by atoms with Gasteiger partial charge >= 0.3 is 6.61 Å². The van der Waals surface area contributed by atoms with Crippen LogP contribution in [0.2, 0.25) is 0 Å². The van der Waals surface area contributed by atoms with Gasteiger partial charge in [-0.2, -0.15) is 8.78 Å². The number of nitrogens with zero attached hydrogens (tertiary/aromatic N) is 2. The molecule has 0 saturated carbocycles. The molecule has 144 valence electrons. The van der Waals surface area contributed by atoms with Crippen molar-refractivity contribution in [3.05, 3.63) is 29.8 Å². The highest BCUT2D eigenvalue weighted by Gasteiger charge is 2.08. The fourth-order valence-corrected chi connectivity index (χ4v) is 2.18. The molecular weight excluding hydrogens is 443 g/mol. The largest absolute Gasteiger partial charge is 0.435 e. The maximum atomic E-state index is 12.1. The summed E-state index contributed by atoms with van der Waals surface area (Å²) in [4.78, 5) is 6.23. The van der Waals surface area contributed by atoms with Crippen molar-refractivity contribution in [2.24, 2.45) is 4.99 Å². The van der Waals surface area contributed by atoms with Gasteiger partial charge in [0.1, 0.15) is 5.75 Å². The van der Waals surface area contributed by atoms with Gasteiger partial charge in [0.05, 0.1) is 0 Å². The molecule has 0 amide bonds. The predicted molar refractivity (Wildman–Crippen MR) is 107 cm³/mol. The second-order valence-corrected chi connectivity index (χ2v) is 5.26. The topological polar surface area (TPSA) is 46.1 Å². The van der Waals surface area contributed by atoms with Crippen LogP contribution in [0.1, 0.15) is 25.3 Å². The van der Waals surface area contributed by atoms with Crippen LogP contribution in [0.15, 0.2) is 29.3 Å². The zero-order chi connectivity index (χ0) is 17.8. The number of ether oxygens (including phenoxy) is 2. The minimum atomic E-state index is -2.80. The molecule has 0 heterocycles. The molecule has 0 aliphatic heterocycles. The molecule has 0 fully saturated rings. The average molecular weight is 471 g/mol. The van der Waals surface area contributed by atoms with Crippen LogP contribution in [0.3, 0.4) is 0 Å². The molecular formula is C17H28F2IN3O2. The highest BCUT2D eigenvalue weighted by molar-refractivity contribution is 14.0. The summed E-state index contributed by atoms with van der Waals surface area (Å²) in [5.41, 5.74) is 0.985. The van der Waals surface area contributed by atoms with Gasteiger partial charge in [0.25, 0.3) is 0 Å². The maximum absolute atomic E-state index is 12.1. The van der Waals surface area contributed by atoms with Gasteiger partial charge in [0.2, 0.25) is 0 Å². The van der Waals surface area contributed by atoms with E-state index in [0.717, 1.165) is 44.1 Å². The summed E-state index contributed by atoms with van der Waals surface area (Å²) in [7, 11) is 3.66. The van der Waals surface area contributed by atoms with Gasteiger partial charge in [0.15, 0.2) is 5.96 Å². The van der Waals surface area contributed by atoms with Crippen LogP contribution >= 0.6 is 24.0 Å².